The molecule has 0 aliphatic rings. The van der Waals surface area contributed by atoms with Gasteiger partial charge in [-0.15, -0.1) is 0 Å². The summed E-state index contributed by atoms with van der Waals surface area (Å²) in [5, 5.41) is 6.46. The van der Waals surface area contributed by atoms with Crippen molar-refractivity contribution in [3.05, 3.63) is 71.6 Å². The minimum absolute atomic E-state index is 0.254. The summed E-state index contributed by atoms with van der Waals surface area (Å²) in [4.78, 5) is 20.4. The predicted molar refractivity (Wildman–Crippen MR) is 108 cm³/mol. The van der Waals surface area contributed by atoms with Crippen LogP contribution >= 0.6 is 11.6 Å². The largest absolute Gasteiger partial charge is 0.497 e. The van der Waals surface area contributed by atoms with Gasteiger partial charge in [-0.1, -0.05) is 17.7 Å². The SMILES string of the molecule is COc1ccc(OCCNC(=O)c2cc(Nc3cccc(Cl)c3)ncn2)cc1. The topological polar surface area (TPSA) is 85.4 Å². The third-order valence-electron chi connectivity index (χ3n) is 3.71. The van der Waals surface area contributed by atoms with Gasteiger partial charge in [0.25, 0.3) is 5.91 Å². The molecule has 0 bridgehead atoms. The van der Waals surface area contributed by atoms with Gasteiger partial charge < -0.3 is 20.1 Å². The molecule has 3 aromatic rings. The minimum atomic E-state index is -0.310. The molecule has 2 N–H and O–H groups in total. The quantitative estimate of drug-likeness (QED) is 0.563. The molecule has 7 nitrogen and oxygen atoms in total. The van der Waals surface area contributed by atoms with Crippen LogP contribution in [-0.2, 0) is 0 Å². The standard InChI is InChI=1S/C20H19ClN4O3/c1-27-16-5-7-17(8-6-16)28-10-9-22-20(26)18-12-19(24-13-23-18)25-15-4-2-3-14(21)11-15/h2-8,11-13H,9-10H2,1H3,(H,22,26)(H,23,24,25). The maximum atomic E-state index is 12.3. The fourth-order valence-electron chi connectivity index (χ4n) is 2.36. The van der Waals surface area contributed by atoms with Crippen molar-refractivity contribution >= 4 is 29.0 Å². The number of carbonyl (C=O) groups excluding carboxylic acids is 1. The van der Waals surface area contributed by atoms with E-state index in [0.29, 0.717) is 29.7 Å². The number of carbonyl (C=O) groups is 1. The van der Waals surface area contributed by atoms with E-state index >= 15 is 0 Å². The van der Waals surface area contributed by atoms with Gasteiger partial charge in [-0.25, -0.2) is 9.97 Å². The van der Waals surface area contributed by atoms with Crippen LogP contribution in [0.1, 0.15) is 10.5 Å². The van der Waals surface area contributed by atoms with Crippen molar-refractivity contribution in [3.8, 4) is 11.5 Å². The van der Waals surface area contributed by atoms with Crippen LogP contribution in [0.3, 0.4) is 0 Å². The van der Waals surface area contributed by atoms with Gasteiger partial charge in [0.15, 0.2) is 0 Å². The van der Waals surface area contributed by atoms with Crippen LogP contribution in [0.25, 0.3) is 0 Å². The second-order valence-electron chi connectivity index (χ2n) is 5.70. The van der Waals surface area contributed by atoms with Gasteiger partial charge >= 0.3 is 0 Å². The zero-order valence-electron chi connectivity index (χ0n) is 15.2. The number of ether oxygens (including phenoxy) is 2. The second kappa shape index (κ2) is 9.57. The molecule has 0 saturated heterocycles. The molecule has 3 rings (SSSR count). The summed E-state index contributed by atoms with van der Waals surface area (Å²) in [5.41, 5.74) is 1.02. The highest BCUT2D eigenvalue weighted by atomic mass is 35.5. The molecule has 28 heavy (non-hydrogen) atoms. The Morgan fingerprint density at radius 3 is 2.61 bits per heavy atom. The fourth-order valence-corrected chi connectivity index (χ4v) is 2.55. The molecule has 2 aromatic carbocycles. The third-order valence-corrected chi connectivity index (χ3v) is 3.95. The summed E-state index contributed by atoms with van der Waals surface area (Å²) < 4.78 is 10.7. The normalized spacial score (nSPS) is 10.2. The molecule has 1 aromatic heterocycles. The van der Waals surface area contributed by atoms with E-state index in [2.05, 4.69) is 20.6 Å². The number of anilines is 2. The van der Waals surface area contributed by atoms with Gasteiger partial charge in [-0.05, 0) is 42.5 Å². The molecule has 0 spiro atoms. The highest BCUT2D eigenvalue weighted by molar-refractivity contribution is 6.30. The number of rotatable bonds is 8. The first-order chi connectivity index (χ1) is 13.6. The lowest BCUT2D eigenvalue weighted by atomic mass is 10.3. The van der Waals surface area contributed by atoms with Crippen LogP contribution < -0.4 is 20.1 Å². The highest BCUT2D eigenvalue weighted by Gasteiger charge is 2.09. The Bertz CT molecular complexity index is 935. The first-order valence-corrected chi connectivity index (χ1v) is 8.91. The zero-order valence-corrected chi connectivity index (χ0v) is 15.9. The molecule has 1 heterocycles. The first kappa shape index (κ1) is 19.4. The summed E-state index contributed by atoms with van der Waals surface area (Å²) in [7, 11) is 1.61. The van der Waals surface area contributed by atoms with Gasteiger partial charge in [-0.2, -0.15) is 0 Å². The number of benzene rings is 2. The van der Waals surface area contributed by atoms with Gasteiger partial charge in [0.1, 0.15) is 35.9 Å². The fraction of sp³-hybridized carbons (Fsp3) is 0.150. The maximum absolute atomic E-state index is 12.3. The monoisotopic (exact) mass is 398 g/mol. The lowest BCUT2D eigenvalue weighted by Crippen LogP contribution is -2.28. The average Bonchev–Trinajstić information content (AvgIpc) is 2.72. The number of nitrogens with zero attached hydrogens (tertiary/aromatic N) is 2. The molecular weight excluding hydrogens is 380 g/mol. The molecule has 0 atom stereocenters. The highest BCUT2D eigenvalue weighted by Crippen LogP contribution is 2.19. The zero-order chi connectivity index (χ0) is 19.8. The van der Waals surface area contributed by atoms with E-state index in [1.54, 1.807) is 37.4 Å². The Labute approximate surface area is 167 Å². The molecule has 0 aliphatic heterocycles. The van der Waals surface area contributed by atoms with Crippen molar-refractivity contribution in [1.82, 2.24) is 15.3 Å². The van der Waals surface area contributed by atoms with E-state index in [4.69, 9.17) is 21.1 Å². The van der Waals surface area contributed by atoms with Crippen LogP contribution in [-0.4, -0.2) is 36.1 Å². The Kier molecular flexibility index (Phi) is 6.64. The van der Waals surface area contributed by atoms with E-state index in [1.165, 1.54) is 6.33 Å². The third kappa shape index (κ3) is 5.59. The number of amides is 1. The summed E-state index contributed by atoms with van der Waals surface area (Å²) in [6.45, 7) is 0.669. The summed E-state index contributed by atoms with van der Waals surface area (Å²) in [6, 6.07) is 16.0. The van der Waals surface area contributed by atoms with E-state index in [-0.39, 0.29) is 11.6 Å². The molecule has 0 unspecified atom stereocenters. The summed E-state index contributed by atoms with van der Waals surface area (Å²) >= 11 is 5.97. The smallest absolute Gasteiger partial charge is 0.270 e. The van der Waals surface area contributed by atoms with Gasteiger partial charge in [0.05, 0.1) is 13.7 Å². The van der Waals surface area contributed by atoms with E-state index in [0.717, 1.165) is 11.4 Å². The summed E-state index contributed by atoms with van der Waals surface area (Å²) in [6.07, 6.45) is 1.33. The number of hydrogen-bond donors (Lipinski definition) is 2. The van der Waals surface area contributed by atoms with Crippen molar-refractivity contribution in [2.45, 2.75) is 0 Å². The number of nitrogens with one attached hydrogen (secondary N) is 2. The molecule has 0 fully saturated rings. The van der Waals surface area contributed by atoms with E-state index in [9.17, 15) is 4.79 Å². The molecule has 0 aliphatic carbocycles. The average molecular weight is 399 g/mol. The van der Waals surface area contributed by atoms with Gasteiger partial charge in [0.2, 0.25) is 0 Å². The Morgan fingerprint density at radius 1 is 1.07 bits per heavy atom. The van der Waals surface area contributed by atoms with Crippen molar-refractivity contribution in [3.63, 3.8) is 0 Å². The molecule has 0 radical (unpaired) electrons. The Hall–Kier alpha value is -3.32. The van der Waals surface area contributed by atoms with Crippen molar-refractivity contribution in [1.29, 1.82) is 0 Å². The van der Waals surface area contributed by atoms with Crippen LogP contribution in [0.15, 0.2) is 60.9 Å². The van der Waals surface area contributed by atoms with Gasteiger partial charge in [0, 0.05) is 16.8 Å². The lowest BCUT2D eigenvalue weighted by Gasteiger charge is -2.09. The van der Waals surface area contributed by atoms with Crippen LogP contribution in [0, 0.1) is 0 Å². The number of halogens is 1. The van der Waals surface area contributed by atoms with Crippen LogP contribution in [0.2, 0.25) is 5.02 Å². The number of hydrogen-bond acceptors (Lipinski definition) is 6. The van der Waals surface area contributed by atoms with Crippen LogP contribution in [0.5, 0.6) is 11.5 Å². The summed E-state index contributed by atoms with van der Waals surface area (Å²) in [5.74, 6) is 1.64. The molecule has 0 saturated carbocycles. The van der Waals surface area contributed by atoms with Gasteiger partial charge in [-0.3, -0.25) is 4.79 Å². The maximum Gasteiger partial charge on any atom is 0.270 e. The van der Waals surface area contributed by atoms with Crippen molar-refractivity contribution in [2.24, 2.45) is 0 Å². The first-order valence-electron chi connectivity index (χ1n) is 8.54. The Balaban J connectivity index is 1.50. The predicted octanol–water partition coefficient (Wildman–Crippen LogP) is 3.69. The van der Waals surface area contributed by atoms with Crippen molar-refractivity contribution < 1.29 is 14.3 Å². The minimum Gasteiger partial charge on any atom is -0.497 e. The molecular formula is C20H19ClN4O3. The second-order valence-corrected chi connectivity index (χ2v) is 6.14. The number of methoxy groups -OCH3 is 1. The number of aromatic nitrogens is 2. The molecule has 8 heteroatoms. The lowest BCUT2D eigenvalue weighted by molar-refractivity contribution is 0.0942. The van der Waals surface area contributed by atoms with Crippen molar-refractivity contribution in [2.75, 3.05) is 25.6 Å². The van der Waals surface area contributed by atoms with E-state index in [1.807, 2.05) is 24.3 Å². The van der Waals surface area contributed by atoms with E-state index < -0.39 is 0 Å². The van der Waals surface area contributed by atoms with Crippen LogP contribution in [0.4, 0.5) is 11.5 Å². The molecule has 1 amide bonds. The Morgan fingerprint density at radius 2 is 1.86 bits per heavy atom. The molecule has 144 valence electrons.